The number of halogens is 1. The molecule has 0 unspecified atom stereocenters. The maximum Gasteiger partial charge on any atom is 0.257 e. The summed E-state index contributed by atoms with van der Waals surface area (Å²) in [6.07, 6.45) is 2.42. The number of amides is 2. The van der Waals surface area contributed by atoms with Gasteiger partial charge >= 0.3 is 0 Å². The Bertz CT molecular complexity index is 616. The van der Waals surface area contributed by atoms with Crippen LogP contribution in [-0.4, -0.2) is 56.5 Å². The van der Waals surface area contributed by atoms with E-state index in [2.05, 4.69) is 17.6 Å². The molecule has 0 aliphatic carbocycles. The van der Waals surface area contributed by atoms with Crippen LogP contribution in [0, 0.1) is 5.92 Å². The van der Waals surface area contributed by atoms with Crippen molar-refractivity contribution in [2.45, 2.75) is 26.2 Å². The highest BCUT2D eigenvalue weighted by Crippen LogP contribution is 2.26. The number of nitrogens with one attached hydrogen (secondary N) is 2. The van der Waals surface area contributed by atoms with Crippen molar-refractivity contribution < 1.29 is 14.3 Å². The van der Waals surface area contributed by atoms with Crippen LogP contribution in [0.1, 0.15) is 36.5 Å². The zero-order valence-electron chi connectivity index (χ0n) is 15.5. The summed E-state index contributed by atoms with van der Waals surface area (Å²) in [6, 6.07) is 5.02. The molecule has 1 aliphatic heterocycles. The van der Waals surface area contributed by atoms with E-state index < -0.39 is 0 Å². The van der Waals surface area contributed by atoms with Crippen molar-refractivity contribution in [3.05, 3.63) is 28.8 Å². The predicted octanol–water partition coefficient (Wildman–Crippen LogP) is 2.32. The van der Waals surface area contributed by atoms with Gasteiger partial charge in [-0.15, -0.1) is 0 Å². The minimum atomic E-state index is -0.105. The van der Waals surface area contributed by atoms with E-state index in [0.717, 1.165) is 19.5 Å². The number of hydrogen-bond acceptors (Lipinski definition) is 4. The van der Waals surface area contributed by atoms with Crippen LogP contribution >= 0.6 is 11.6 Å². The van der Waals surface area contributed by atoms with Crippen molar-refractivity contribution in [2.24, 2.45) is 5.92 Å². The Labute approximate surface area is 160 Å². The van der Waals surface area contributed by atoms with E-state index in [9.17, 15) is 9.59 Å². The van der Waals surface area contributed by atoms with Crippen LogP contribution in [0.2, 0.25) is 5.02 Å². The van der Waals surface area contributed by atoms with E-state index >= 15 is 0 Å². The number of carbonyl (C=O) groups excluding carboxylic acids is 2. The van der Waals surface area contributed by atoms with Gasteiger partial charge in [0.25, 0.3) is 5.91 Å². The molecule has 6 nitrogen and oxygen atoms in total. The first-order valence-electron chi connectivity index (χ1n) is 9.18. The Morgan fingerprint density at radius 1 is 1.23 bits per heavy atom. The number of rotatable bonds is 8. The third kappa shape index (κ3) is 5.61. The van der Waals surface area contributed by atoms with Gasteiger partial charge < -0.3 is 20.3 Å². The molecule has 0 atom stereocenters. The van der Waals surface area contributed by atoms with E-state index in [1.54, 1.807) is 23.1 Å². The maximum absolute atomic E-state index is 12.8. The van der Waals surface area contributed by atoms with Gasteiger partial charge in [0.1, 0.15) is 5.75 Å². The molecule has 1 fully saturated rings. The molecule has 1 aromatic rings. The second-order valence-electron chi connectivity index (χ2n) is 6.45. The van der Waals surface area contributed by atoms with Gasteiger partial charge in [0, 0.05) is 37.1 Å². The zero-order chi connectivity index (χ0) is 18.9. The summed E-state index contributed by atoms with van der Waals surface area (Å²) in [7, 11) is 1.53. The third-order valence-corrected chi connectivity index (χ3v) is 4.81. The van der Waals surface area contributed by atoms with Gasteiger partial charge in [-0.25, -0.2) is 0 Å². The van der Waals surface area contributed by atoms with Crippen LogP contribution in [-0.2, 0) is 4.79 Å². The molecule has 2 rings (SSSR count). The summed E-state index contributed by atoms with van der Waals surface area (Å²) in [5, 5.41) is 6.73. The van der Waals surface area contributed by atoms with Gasteiger partial charge in [-0.05, 0) is 44.0 Å². The number of benzene rings is 1. The van der Waals surface area contributed by atoms with Crippen LogP contribution in [0.3, 0.4) is 0 Å². The molecule has 7 heteroatoms. The van der Waals surface area contributed by atoms with E-state index in [0.29, 0.717) is 48.8 Å². The molecule has 144 valence electrons. The molecule has 0 aromatic heterocycles. The fourth-order valence-corrected chi connectivity index (χ4v) is 3.25. The SMILES string of the molecule is CCCNCCNC(=O)C1CCN(C(=O)c2cc(Cl)ccc2OC)CC1. The molecule has 0 saturated carbocycles. The quantitative estimate of drug-likeness (QED) is 0.678. The molecule has 0 bridgehead atoms. The first-order valence-corrected chi connectivity index (χ1v) is 9.55. The molecule has 1 aromatic carbocycles. The van der Waals surface area contributed by atoms with Gasteiger partial charge in [-0.2, -0.15) is 0 Å². The molecule has 2 amide bonds. The molecular formula is C19H28ClN3O3. The number of methoxy groups -OCH3 is 1. The van der Waals surface area contributed by atoms with Crippen molar-refractivity contribution in [1.82, 2.24) is 15.5 Å². The Kier molecular flexibility index (Phi) is 8.19. The predicted molar refractivity (Wildman–Crippen MR) is 103 cm³/mol. The van der Waals surface area contributed by atoms with Gasteiger partial charge in [0.2, 0.25) is 5.91 Å². The Morgan fingerprint density at radius 3 is 2.62 bits per heavy atom. The average molecular weight is 382 g/mol. The van der Waals surface area contributed by atoms with Crippen LogP contribution in [0.4, 0.5) is 0 Å². The maximum atomic E-state index is 12.8. The summed E-state index contributed by atoms with van der Waals surface area (Å²) in [5.41, 5.74) is 0.463. The fourth-order valence-electron chi connectivity index (χ4n) is 3.08. The van der Waals surface area contributed by atoms with Crippen LogP contribution in [0.25, 0.3) is 0 Å². The normalized spacial score (nSPS) is 15.0. The van der Waals surface area contributed by atoms with Crippen molar-refractivity contribution in [3.63, 3.8) is 0 Å². The van der Waals surface area contributed by atoms with Crippen molar-refractivity contribution in [1.29, 1.82) is 0 Å². The van der Waals surface area contributed by atoms with E-state index in [1.165, 1.54) is 7.11 Å². The lowest BCUT2D eigenvalue weighted by Crippen LogP contribution is -2.44. The number of nitrogens with zero attached hydrogens (tertiary/aromatic N) is 1. The average Bonchev–Trinajstić information content (AvgIpc) is 2.67. The molecule has 2 N–H and O–H groups in total. The lowest BCUT2D eigenvalue weighted by atomic mass is 9.95. The second-order valence-corrected chi connectivity index (χ2v) is 6.89. The van der Waals surface area contributed by atoms with Crippen molar-refractivity contribution in [3.8, 4) is 5.75 Å². The highest BCUT2D eigenvalue weighted by molar-refractivity contribution is 6.31. The lowest BCUT2D eigenvalue weighted by Gasteiger charge is -2.31. The number of carbonyl (C=O) groups is 2. The number of ether oxygens (including phenoxy) is 1. The second kappa shape index (κ2) is 10.4. The van der Waals surface area contributed by atoms with Crippen molar-refractivity contribution in [2.75, 3.05) is 39.8 Å². The molecule has 0 spiro atoms. The Hall–Kier alpha value is -1.79. The third-order valence-electron chi connectivity index (χ3n) is 4.57. The molecule has 1 saturated heterocycles. The van der Waals surface area contributed by atoms with E-state index in [1.807, 2.05) is 0 Å². The lowest BCUT2D eigenvalue weighted by molar-refractivity contribution is -0.126. The van der Waals surface area contributed by atoms with Gasteiger partial charge in [0.15, 0.2) is 0 Å². The van der Waals surface area contributed by atoms with Crippen LogP contribution in [0.15, 0.2) is 18.2 Å². The highest BCUT2D eigenvalue weighted by Gasteiger charge is 2.28. The van der Waals surface area contributed by atoms with E-state index in [-0.39, 0.29) is 17.7 Å². The Balaban J connectivity index is 1.83. The van der Waals surface area contributed by atoms with E-state index in [4.69, 9.17) is 16.3 Å². The summed E-state index contributed by atoms with van der Waals surface area (Å²) in [6.45, 7) is 5.60. The summed E-state index contributed by atoms with van der Waals surface area (Å²) >= 11 is 6.02. The number of piperidine rings is 1. The van der Waals surface area contributed by atoms with Gasteiger partial charge in [0.05, 0.1) is 12.7 Å². The van der Waals surface area contributed by atoms with Crippen molar-refractivity contribution >= 4 is 23.4 Å². The smallest absolute Gasteiger partial charge is 0.257 e. The molecular weight excluding hydrogens is 354 g/mol. The first kappa shape index (κ1) is 20.5. The largest absolute Gasteiger partial charge is 0.496 e. The highest BCUT2D eigenvalue weighted by atomic mass is 35.5. The molecule has 1 heterocycles. The standard InChI is InChI=1S/C19H28ClN3O3/c1-3-8-21-9-10-22-18(24)14-6-11-23(12-7-14)19(25)16-13-15(20)4-5-17(16)26-2/h4-5,13-14,21H,3,6-12H2,1-2H3,(H,22,24). The summed E-state index contributed by atoms with van der Waals surface area (Å²) in [5.74, 6) is 0.452. The summed E-state index contributed by atoms with van der Waals surface area (Å²) < 4.78 is 5.27. The zero-order valence-corrected chi connectivity index (χ0v) is 16.3. The molecule has 26 heavy (non-hydrogen) atoms. The number of hydrogen-bond donors (Lipinski definition) is 2. The monoisotopic (exact) mass is 381 g/mol. The minimum absolute atomic E-state index is 0.0357. The van der Waals surface area contributed by atoms with Crippen LogP contribution < -0.4 is 15.4 Å². The minimum Gasteiger partial charge on any atom is -0.496 e. The first-order chi connectivity index (χ1) is 12.6. The molecule has 1 aliphatic rings. The fraction of sp³-hybridized carbons (Fsp3) is 0.579. The number of likely N-dealkylation sites (tertiary alicyclic amines) is 1. The van der Waals surface area contributed by atoms with Crippen LogP contribution in [0.5, 0.6) is 5.75 Å². The van der Waals surface area contributed by atoms with Gasteiger partial charge in [-0.3, -0.25) is 9.59 Å². The summed E-state index contributed by atoms with van der Waals surface area (Å²) in [4.78, 5) is 26.8. The Morgan fingerprint density at radius 2 is 1.96 bits per heavy atom. The topological polar surface area (TPSA) is 70.7 Å². The van der Waals surface area contributed by atoms with Gasteiger partial charge in [-0.1, -0.05) is 18.5 Å². The molecule has 0 radical (unpaired) electrons.